The Morgan fingerprint density at radius 2 is 1.42 bits per heavy atom. The van der Waals surface area contributed by atoms with Gasteiger partial charge in [0.1, 0.15) is 6.04 Å². The summed E-state index contributed by atoms with van der Waals surface area (Å²) in [6.45, 7) is 6.28. The second kappa shape index (κ2) is 9.18. The third-order valence-electron chi connectivity index (χ3n) is 4.64. The minimum absolute atomic E-state index is 0.0118. The summed E-state index contributed by atoms with van der Waals surface area (Å²) in [6, 6.07) is 15.8. The number of hydrogen-bond acceptors (Lipinski definition) is 2. The lowest BCUT2D eigenvalue weighted by Gasteiger charge is -2.28. The van der Waals surface area contributed by atoms with Gasteiger partial charge in [-0.25, -0.2) is 0 Å². The first-order valence-electron chi connectivity index (χ1n) is 9.03. The third kappa shape index (κ3) is 5.45. The smallest absolute Gasteiger partial charge is 0.242 e. The first kappa shape index (κ1) is 19.7. The zero-order valence-electron chi connectivity index (χ0n) is 16.1. The number of carbonyl (C=O) groups is 2. The zero-order chi connectivity index (χ0) is 19.1. The van der Waals surface area contributed by atoms with E-state index in [2.05, 4.69) is 29.6 Å². The average molecular weight is 352 g/mol. The second-order valence-electron chi connectivity index (χ2n) is 6.78. The standard InChI is InChI=1S/C22H28N2O2/c1-16-5-9-19(10-6-16)13-14-21(25)24(18(3)22(26)23-4)15-20-11-7-17(2)8-12-20/h5-12,18H,13-15H2,1-4H3,(H,23,26)/t18-/m1/s1. The van der Waals surface area contributed by atoms with Gasteiger partial charge in [0.05, 0.1) is 0 Å². The largest absolute Gasteiger partial charge is 0.357 e. The van der Waals surface area contributed by atoms with E-state index < -0.39 is 6.04 Å². The predicted molar refractivity (Wildman–Crippen MR) is 105 cm³/mol. The molecular weight excluding hydrogens is 324 g/mol. The molecule has 4 heteroatoms. The summed E-state index contributed by atoms with van der Waals surface area (Å²) in [5, 5.41) is 2.64. The van der Waals surface area contributed by atoms with Crippen molar-refractivity contribution in [2.24, 2.45) is 0 Å². The van der Waals surface area contributed by atoms with Crippen LogP contribution in [-0.2, 0) is 22.6 Å². The Labute approximate surface area is 156 Å². The molecule has 0 unspecified atom stereocenters. The van der Waals surface area contributed by atoms with E-state index in [0.29, 0.717) is 19.4 Å². The van der Waals surface area contributed by atoms with Crippen molar-refractivity contribution in [1.29, 1.82) is 0 Å². The number of benzene rings is 2. The van der Waals surface area contributed by atoms with Crippen molar-refractivity contribution in [1.82, 2.24) is 10.2 Å². The fourth-order valence-corrected chi connectivity index (χ4v) is 2.83. The molecule has 4 nitrogen and oxygen atoms in total. The highest BCUT2D eigenvalue weighted by Crippen LogP contribution is 2.14. The topological polar surface area (TPSA) is 49.4 Å². The minimum atomic E-state index is -0.508. The maximum absolute atomic E-state index is 12.9. The van der Waals surface area contributed by atoms with E-state index in [4.69, 9.17) is 0 Å². The number of rotatable bonds is 7. The maximum atomic E-state index is 12.9. The monoisotopic (exact) mass is 352 g/mol. The van der Waals surface area contributed by atoms with Crippen LogP contribution in [0.2, 0.25) is 0 Å². The fourth-order valence-electron chi connectivity index (χ4n) is 2.83. The molecule has 0 heterocycles. The molecule has 1 atom stereocenters. The number of amides is 2. The van der Waals surface area contributed by atoms with Gasteiger partial charge in [0.25, 0.3) is 0 Å². The highest BCUT2D eigenvalue weighted by Gasteiger charge is 2.25. The quantitative estimate of drug-likeness (QED) is 0.830. The van der Waals surface area contributed by atoms with Gasteiger partial charge in [-0.15, -0.1) is 0 Å². The van der Waals surface area contributed by atoms with Crippen molar-refractivity contribution >= 4 is 11.8 Å². The highest BCUT2D eigenvalue weighted by atomic mass is 16.2. The van der Waals surface area contributed by atoms with Gasteiger partial charge >= 0.3 is 0 Å². The molecule has 0 spiro atoms. The molecule has 2 aromatic carbocycles. The van der Waals surface area contributed by atoms with Gasteiger partial charge in [-0.3, -0.25) is 9.59 Å². The Balaban J connectivity index is 2.10. The zero-order valence-corrected chi connectivity index (χ0v) is 16.1. The molecule has 0 radical (unpaired) electrons. The normalized spacial score (nSPS) is 11.7. The number of aryl methyl sites for hydroxylation is 3. The Hall–Kier alpha value is -2.62. The van der Waals surface area contributed by atoms with Crippen LogP contribution in [-0.4, -0.2) is 29.8 Å². The molecule has 0 aromatic heterocycles. The second-order valence-corrected chi connectivity index (χ2v) is 6.78. The molecule has 0 aliphatic rings. The van der Waals surface area contributed by atoms with Gasteiger partial charge in [-0.05, 0) is 38.3 Å². The predicted octanol–water partition coefficient (Wildman–Crippen LogP) is 3.40. The molecule has 0 aliphatic carbocycles. The Morgan fingerprint density at radius 1 is 0.923 bits per heavy atom. The molecule has 2 amide bonds. The third-order valence-corrected chi connectivity index (χ3v) is 4.64. The number of likely N-dealkylation sites (N-methyl/N-ethyl adjacent to an activating group) is 1. The highest BCUT2D eigenvalue weighted by molar-refractivity contribution is 5.87. The van der Waals surface area contributed by atoms with E-state index in [0.717, 1.165) is 11.1 Å². The van der Waals surface area contributed by atoms with Gasteiger partial charge in [-0.1, -0.05) is 59.7 Å². The van der Waals surface area contributed by atoms with Crippen LogP contribution in [0, 0.1) is 13.8 Å². The average Bonchev–Trinajstić information content (AvgIpc) is 2.65. The van der Waals surface area contributed by atoms with Crippen LogP contribution in [0.1, 0.15) is 35.6 Å². The van der Waals surface area contributed by atoms with Crippen LogP contribution in [0.4, 0.5) is 0 Å². The molecule has 0 aliphatic heterocycles. The number of nitrogens with one attached hydrogen (secondary N) is 1. The summed E-state index contributed by atoms with van der Waals surface area (Å²) >= 11 is 0. The van der Waals surface area contributed by atoms with Crippen LogP contribution in [0.3, 0.4) is 0 Å². The molecule has 0 bridgehead atoms. The van der Waals surface area contributed by atoms with Crippen molar-refractivity contribution in [2.45, 2.75) is 46.2 Å². The molecular formula is C22H28N2O2. The number of nitrogens with zero attached hydrogens (tertiary/aromatic N) is 1. The van der Waals surface area contributed by atoms with Gasteiger partial charge in [0.2, 0.25) is 11.8 Å². The molecule has 0 saturated carbocycles. The molecule has 2 rings (SSSR count). The van der Waals surface area contributed by atoms with E-state index in [-0.39, 0.29) is 11.8 Å². The molecule has 26 heavy (non-hydrogen) atoms. The first-order valence-corrected chi connectivity index (χ1v) is 9.03. The van der Waals surface area contributed by atoms with Gasteiger partial charge in [0, 0.05) is 20.0 Å². The van der Waals surface area contributed by atoms with Crippen molar-refractivity contribution in [3.8, 4) is 0 Å². The lowest BCUT2D eigenvalue weighted by atomic mass is 10.1. The first-order chi connectivity index (χ1) is 12.4. The summed E-state index contributed by atoms with van der Waals surface area (Å²) < 4.78 is 0. The van der Waals surface area contributed by atoms with Gasteiger partial charge in [0.15, 0.2) is 0 Å². The molecule has 138 valence electrons. The van der Waals surface area contributed by atoms with Gasteiger partial charge < -0.3 is 10.2 Å². The maximum Gasteiger partial charge on any atom is 0.242 e. The van der Waals surface area contributed by atoms with E-state index in [9.17, 15) is 9.59 Å². The molecule has 2 aromatic rings. The number of carbonyl (C=O) groups excluding carboxylic acids is 2. The molecule has 0 saturated heterocycles. The van der Waals surface area contributed by atoms with Crippen LogP contribution >= 0.6 is 0 Å². The van der Waals surface area contributed by atoms with E-state index >= 15 is 0 Å². The summed E-state index contributed by atoms with van der Waals surface area (Å²) in [4.78, 5) is 26.6. The SMILES string of the molecule is CNC(=O)[C@@H](C)N(Cc1ccc(C)cc1)C(=O)CCc1ccc(C)cc1. The lowest BCUT2D eigenvalue weighted by Crippen LogP contribution is -2.46. The summed E-state index contributed by atoms with van der Waals surface area (Å²) in [5.74, 6) is -0.164. The van der Waals surface area contributed by atoms with Crippen molar-refractivity contribution in [2.75, 3.05) is 7.05 Å². The van der Waals surface area contributed by atoms with Crippen LogP contribution in [0.15, 0.2) is 48.5 Å². The summed E-state index contributed by atoms with van der Waals surface area (Å²) in [7, 11) is 1.60. The van der Waals surface area contributed by atoms with Gasteiger partial charge in [-0.2, -0.15) is 0 Å². The van der Waals surface area contributed by atoms with E-state index in [1.807, 2.05) is 38.1 Å². The van der Waals surface area contributed by atoms with Crippen molar-refractivity contribution in [3.05, 3.63) is 70.8 Å². The van der Waals surface area contributed by atoms with Crippen LogP contribution in [0.25, 0.3) is 0 Å². The Morgan fingerprint density at radius 3 is 1.92 bits per heavy atom. The Bertz CT molecular complexity index is 736. The van der Waals surface area contributed by atoms with E-state index in [1.165, 1.54) is 11.1 Å². The summed E-state index contributed by atoms with van der Waals surface area (Å²) in [5.41, 5.74) is 4.53. The lowest BCUT2D eigenvalue weighted by molar-refractivity contribution is -0.140. The van der Waals surface area contributed by atoms with Crippen LogP contribution in [0.5, 0.6) is 0 Å². The molecule has 0 fully saturated rings. The van der Waals surface area contributed by atoms with E-state index in [1.54, 1.807) is 18.9 Å². The van der Waals surface area contributed by atoms with Crippen molar-refractivity contribution < 1.29 is 9.59 Å². The minimum Gasteiger partial charge on any atom is -0.357 e. The molecule has 1 N–H and O–H groups in total. The Kier molecular flexibility index (Phi) is 6.96. The fraction of sp³-hybridized carbons (Fsp3) is 0.364. The van der Waals surface area contributed by atoms with Crippen molar-refractivity contribution in [3.63, 3.8) is 0 Å². The number of hydrogen-bond donors (Lipinski definition) is 1. The van der Waals surface area contributed by atoms with Crippen LogP contribution < -0.4 is 5.32 Å². The summed E-state index contributed by atoms with van der Waals surface area (Å²) in [6.07, 6.45) is 1.06.